The number of ketones is 1. The summed E-state index contributed by atoms with van der Waals surface area (Å²) >= 11 is 0. The van der Waals surface area contributed by atoms with Crippen molar-refractivity contribution in [2.75, 3.05) is 20.3 Å². The molecule has 0 unspecified atom stereocenters. The molecule has 1 saturated carbocycles. The van der Waals surface area contributed by atoms with E-state index < -0.39 is 17.7 Å². The van der Waals surface area contributed by atoms with Gasteiger partial charge >= 0.3 is 5.97 Å². The maximum Gasteiger partial charge on any atom is 0.374 e. The molecule has 0 spiro atoms. The molecule has 0 radical (unpaired) electrons. The molecule has 0 saturated heterocycles. The number of aliphatic hydroxyl groups is 1. The maximum absolute atomic E-state index is 13.6. The summed E-state index contributed by atoms with van der Waals surface area (Å²) in [7, 11) is 1.61. The number of benzene rings is 2. The second-order valence-electron chi connectivity index (χ2n) is 11.9. The number of carbonyl (C=O) groups excluding carboxylic acids is 2. The number of nitrogens with zero attached hydrogens (tertiary/aromatic N) is 1. The Kier molecular flexibility index (Phi) is 6.17. The Morgan fingerprint density at radius 3 is 2.79 bits per heavy atom. The molecule has 3 heterocycles. The molecule has 8 heteroatoms. The van der Waals surface area contributed by atoms with E-state index >= 15 is 0 Å². The SMILES string of the molecule is CCOC(=O)C1=C2C=C[C@H]3C(=C2c2c(cc4c(c2OC)C[C@@H](C(C)(C)O)O4)O1)CCC(=O)[C@@H]3c1ccc2c(c1)=CCN=2. The van der Waals surface area contributed by atoms with Crippen LogP contribution in [0.1, 0.15) is 56.2 Å². The van der Waals surface area contributed by atoms with E-state index in [1.54, 1.807) is 33.9 Å². The van der Waals surface area contributed by atoms with Crippen LogP contribution < -0.4 is 24.8 Å². The van der Waals surface area contributed by atoms with Gasteiger partial charge in [-0.25, -0.2) is 4.79 Å². The van der Waals surface area contributed by atoms with E-state index in [-0.39, 0.29) is 30.0 Å². The number of carbonyl (C=O) groups is 2. The third kappa shape index (κ3) is 4.03. The zero-order valence-corrected chi connectivity index (χ0v) is 24.2. The Morgan fingerprint density at radius 1 is 1.19 bits per heavy atom. The lowest BCUT2D eigenvalue weighted by Gasteiger charge is -2.38. The third-order valence-electron chi connectivity index (χ3n) is 8.92. The molecule has 2 aliphatic carbocycles. The number of Topliss-reactive ketones (excluding diaryl/α,β-unsaturated/α-hetero) is 1. The fraction of sp³-hybridized carbons (Fsp3) is 0.382. The van der Waals surface area contributed by atoms with E-state index in [4.69, 9.17) is 18.9 Å². The van der Waals surface area contributed by atoms with Crippen LogP contribution in [0.15, 0.2) is 58.3 Å². The van der Waals surface area contributed by atoms with Gasteiger partial charge in [0.15, 0.2) is 0 Å². The van der Waals surface area contributed by atoms with Gasteiger partial charge in [0.25, 0.3) is 0 Å². The predicted molar refractivity (Wildman–Crippen MR) is 155 cm³/mol. The van der Waals surface area contributed by atoms with Gasteiger partial charge in [0.1, 0.15) is 29.1 Å². The molecular formula is C34H33NO7. The van der Waals surface area contributed by atoms with Crippen LogP contribution in [-0.4, -0.2) is 48.8 Å². The standard InChI is InChI=1S/C34H33NO7/c1-5-40-33(37)32-21-8-7-19-20(9-11-24(36)28(19)18-6-10-23-17(14-18)12-13-35-23)29(21)30-26(42-32)16-25-22(31(30)39-4)15-27(41-25)34(2,3)38/h6-8,10,12,14,16,19,27-28,38H,5,9,11,13,15H2,1-4H3/t19-,27-,28+/m0/s1. The van der Waals surface area contributed by atoms with Crippen molar-refractivity contribution in [2.24, 2.45) is 10.9 Å². The second kappa shape index (κ2) is 9.70. The van der Waals surface area contributed by atoms with Crippen molar-refractivity contribution in [3.63, 3.8) is 0 Å². The zero-order valence-electron chi connectivity index (χ0n) is 24.2. The van der Waals surface area contributed by atoms with Crippen molar-refractivity contribution >= 4 is 23.4 Å². The summed E-state index contributed by atoms with van der Waals surface area (Å²) in [5.74, 6) is 0.734. The van der Waals surface area contributed by atoms with E-state index in [9.17, 15) is 14.7 Å². The lowest BCUT2D eigenvalue weighted by Crippen LogP contribution is -2.39. The molecule has 7 rings (SSSR count). The molecule has 2 aromatic rings. The van der Waals surface area contributed by atoms with Gasteiger partial charge in [0, 0.05) is 41.5 Å². The summed E-state index contributed by atoms with van der Waals surface area (Å²) in [5, 5.41) is 12.7. The first-order valence-electron chi connectivity index (χ1n) is 14.5. The number of allylic oxidation sites excluding steroid dienone is 5. The molecular weight excluding hydrogens is 534 g/mol. The Hall–Kier alpha value is -4.17. The van der Waals surface area contributed by atoms with E-state index in [0.29, 0.717) is 48.6 Å². The van der Waals surface area contributed by atoms with Crippen LogP contribution in [0.5, 0.6) is 17.2 Å². The zero-order chi connectivity index (χ0) is 29.3. The Balaban J connectivity index is 1.44. The second-order valence-corrected chi connectivity index (χ2v) is 11.9. The Bertz CT molecular complexity index is 1770. The number of hydrogen-bond acceptors (Lipinski definition) is 8. The van der Waals surface area contributed by atoms with Gasteiger partial charge in [-0.15, -0.1) is 0 Å². The fourth-order valence-corrected chi connectivity index (χ4v) is 6.93. The van der Waals surface area contributed by atoms with E-state index in [2.05, 4.69) is 17.1 Å². The molecule has 216 valence electrons. The third-order valence-corrected chi connectivity index (χ3v) is 8.92. The minimum absolute atomic E-state index is 0.0998. The van der Waals surface area contributed by atoms with Gasteiger partial charge in [0.2, 0.25) is 5.76 Å². The average molecular weight is 568 g/mol. The summed E-state index contributed by atoms with van der Waals surface area (Å²) in [5.41, 5.74) is 3.99. The van der Waals surface area contributed by atoms with Crippen LogP contribution in [0, 0.1) is 5.92 Å². The van der Waals surface area contributed by atoms with E-state index in [1.807, 2.05) is 24.3 Å². The van der Waals surface area contributed by atoms with Crippen LogP contribution in [0.3, 0.4) is 0 Å². The maximum atomic E-state index is 13.6. The number of hydrogen-bond donors (Lipinski definition) is 1. The first-order valence-corrected chi connectivity index (χ1v) is 14.5. The molecule has 1 fully saturated rings. The minimum Gasteiger partial charge on any atom is -0.496 e. The highest BCUT2D eigenvalue weighted by atomic mass is 16.6. The van der Waals surface area contributed by atoms with Crippen molar-refractivity contribution in [1.82, 2.24) is 0 Å². The highest BCUT2D eigenvalue weighted by Crippen LogP contribution is 2.56. The molecule has 3 atom stereocenters. The van der Waals surface area contributed by atoms with Gasteiger partial charge < -0.3 is 24.1 Å². The van der Waals surface area contributed by atoms with E-state index in [0.717, 1.165) is 38.4 Å². The average Bonchev–Trinajstić information content (AvgIpc) is 3.62. The first-order chi connectivity index (χ1) is 20.2. The monoisotopic (exact) mass is 567 g/mol. The van der Waals surface area contributed by atoms with Crippen molar-refractivity contribution in [1.29, 1.82) is 0 Å². The smallest absolute Gasteiger partial charge is 0.374 e. The van der Waals surface area contributed by atoms with E-state index in [1.165, 1.54) is 0 Å². The van der Waals surface area contributed by atoms with Gasteiger partial charge in [-0.05, 0) is 50.1 Å². The number of esters is 1. The number of rotatable bonds is 5. The molecule has 0 bridgehead atoms. The van der Waals surface area contributed by atoms with Crippen LogP contribution in [0.4, 0.5) is 0 Å². The van der Waals surface area contributed by atoms with Crippen molar-refractivity contribution in [2.45, 2.75) is 57.7 Å². The topological polar surface area (TPSA) is 104 Å². The van der Waals surface area contributed by atoms with Crippen molar-refractivity contribution in [3.8, 4) is 17.2 Å². The van der Waals surface area contributed by atoms with Gasteiger partial charge in [-0.3, -0.25) is 9.79 Å². The van der Waals surface area contributed by atoms with Crippen LogP contribution >= 0.6 is 0 Å². The normalized spacial score (nSPS) is 23.5. The number of ether oxygens (including phenoxy) is 4. The lowest BCUT2D eigenvalue weighted by molar-refractivity contribution is -0.141. The van der Waals surface area contributed by atoms with Crippen LogP contribution in [-0.2, 0) is 20.7 Å². The quantitative estimate of drug-likeness (QED) is 0.552. The largest absolute Gasteiger partial charge is 0.496 e. The van der Waals surface area contributed by atoms with Crippen molar-refractivity contribution in [3.05, 3.63) is 80.6 Å². The highest BCUT2D eigenvalue weighted by Gasteiger charge is 2.45. The molecule has 1 N–H and O–H groups in total. The lowest BCUT2D eigenvalue weighted by atomic mass is 9.66. The molecule has 42 heavy (non-hydrogen) atoms. The summed E-state index contributed by atoms with van der Waals surface area (Å²) in [6.07, 6.45) is 6.91. The Labute approximate surface area is 243 Å². The first kappa shape index (κ1) is 26.7. The molecule has 0 amide bonds. The molecule has 2 aromatic carbocycles. The van der Waals surface area contributed by atoms with Crippen LogP contribution in [0.2, 0.25) is 0 Å². The molecule has 8 nitrogen and oxygen atoms in total. The van der Waals surface area contributed by atoms with Crippen molar-refractivity contribution < 1.29 is 33.6 Å². The van der Waals surface area contributed by atoms with Gasteiger partial charge in [-0.1, -0.05) is 29.9 Å². The van der Waals surface area contributed by atoms with Gasteiger partial charge in [-0.2, -0.15) is 0 Å². The summed E-state index contributed by atoms with van der Waals surface area (Å²) in [6.45, 7) is 6.04. The summed E-state index contributed by atoms with van der Waals surface area (Å²) in [6, 6.07) is 7.88. The number of fused-ring (bicyclic) bond motifs is 6. The predicted octanol–water partition coefficient (Wildman–Crippen LogP) is 3.48. The summed E-state index contributed by atoms with van der Waals surface area (Å²) < 4.78 is 23.9. The van der Waals surface area contributed by atoms with Gasteiger partial charge in [0.05, 0.1) is 42.7 Å². The fourth-order valence-electron chi connectivity index (χ4n) is 6.93. The number of methoxy groups -OCH3 is 1. The van der Waals surface area contributed by atoms with Crippen LogP contribution in [0.25, 0.3) is 11.6 Å². The highest BCUT2D eigenvalue weighted by molar-refractivity contribution is 6.03. The Morgan fingerprint density at radius 2 is 2.02 bits per heavy atom. The molecule has 3 aliphatic heterocycles. The molecule has 5 aliphatic rings. The molecule has 0 aromatic heterocycles. The summed E-state index contributed by atoms with van der Waals surface area (Å²) in [4.78, 5) is 31.3. The minimum atomic E-state index is -1.08.